The van der Waals surface area contributed by atoms with E-state index in [2.05, 4.69) is 13.8 Å². The van der Waals surface area contributed by atoms with Crippen molar-refractivity contribution in [1.82, 2.24) is 0 Å². The van der Waals surface area contributed by atoms with Crippen LogP contribution in [0.3, 0.4) is 0 Å². The summed E-state index contributed by atoms with van der Waals surface area (Å²) in [6.07, 6.45) is -1.06. The number of hydrogen-bond acceptors (Lipinski definition) is 5. The molecule has 0 N–H and O–H groups in total. The first-order valence-electron chi connectivity index (χ1n) is 5.66. The van der Waals surface area contributed by atoms with Crippen molar-refractivity contribution in [1.29, 1.82) is 0 Å². The minimum atomic E-state index is -4.48. The van der Waals surface area contributed by atoms with Crippen molar-refractivity contribution in [3.8, 4) is 0 Å². The van der Waals surface area contributed by atoms with Gasteiger partial charge in [-0.2, -0.15) is 8.78 Å². The van der Waals surface area contributed by atoms with Crippen LogP contribution in [0.4, 0.5) is 8.78 Å². The Hall–Kier alpha value is -0.520. The number of ether oxygens (including phenoxy) is 1. The maximum Gasteiger partial charge on any atom is 0.399 e. The van der Waals surface area contributed by atoms with Crippen molar-refractivity contribution >= 4 is 13.6 Å². The molecule has 0 radical (unpaired) electrons. The SMILES string of the molecule is CCOP(=O)(OCC)C(F)(F)CCCC(=O)OC. The third kappa shape index (κ3) is 5.00. The van der Waals surface area contributed by atoms with Gasteiger partial charge in [-0.05, 0) is 20.3 Å². The summed E-state index contributed by atoms with van der Waals surface area (Å²) >= 11 is 0. The highest BCUT2D eigenvalue weighted by Crippen LogP contribution is 2.63. The van der Waals surface area contributed by atoms with E-state index in [1.807, 2.05) is 0 Å². The fourth-order valence-corrected chi connectivity index (χ4v) is 2.81. The first-order chi connectivity index (χ1) is 8.33. The van der Waals surface area contributed by atoms with E-state index in [1.165, 1.54) is 21.0 Å². The molecule has 0 aliphatic rings. The summed E-state index contributed by atoms with van der Waals surface area (Å²) in [6.45, 7) is 2.64. The topological polar surface area (TPSA) is 61.8 Å². The number of rotatable bonds is 9. The number of carbonyl (C=O) groups is 1. The predicted molar refractivity (Wildman–Crippen MR) is 61.7 cm³/mol. The summed E-state index contributed by atoms with van der Waals surface area (Å²) in [5.41, 5.74) is -3.60. The fourth-order valence-electron chi connectivity index (χ4n) is 1.25. The molecular formula is C10H19F2O5P. The van der Waals surface area contributed by atoms with Gasteiger partial charge in [0.15, 0.2) is 0 Å². The zero-order valence-corrected chi connectivity index (χ0v) is 11.7. The van der Waals surface area contributed by atoms with Crippen LogP contribution in [0.5, 0.6) is 0 Å². The van der Waals surface area contributed by atoms with Gasteiger partial charge in [0.25, 0.3) is 0 Å². The van der Waals surface area contributed by atoms with Gasteiger partial charge in [-0.3, -0.25) is 9.36 Å². The van der Waals surface area contributed by atoms with E-state index in [4.69, 9.17) is 0 Å². The highest BCUT2D eigenvalue weighted by molar-refractivity contribution is 7.55. The molecule has 8 heteroatoms. The van der Waals surface area contributed by atoms with Crippen molar-refractivity contribution in [2.45, 2.75) is 38.8 Å². The molecule has 0 saturated heterocycles. The molecule has 0 unspecified atom stereocenters. The number of esters is 1. The molecule has 0 aromatic rings. The standard InChI is InChI=1S/C10H19F2O5P/c1-4-16-18(14,17-5-2)10(11,12)8-6-7-9(13)15-3/h4-8H2,1-3H3. The second-order valence-electron chi connectivity index (χ2n) is 3.43. The Kier molecular flexibility index (Phi) is 7.59. The molecule has 108 valence electrons. The molecule has 0 spiro atoms. The van der Waals surface area contributed by atoms with Gasteiger partial charge >= 0.3 is 19.2 Å². The summed E-state index contributed by atoms with van der Waals surface area (Å²) in [6, 6.07) is 0. The Balaban J connectivity index is 4.55. The zero-order valence-electron chi connectivity index (χ0n) is 10.8. The van der Waals surface area contributed by atoms with Gasteiger partial charge in [0.05, 0.1) is 20.3 Å². The van der Waals surface area contributed by atoms with Crippen molar-refractivity contribution in [3.63, 3.8) is 0 Å². The van der Waals surface area contributed by atoms with E-state index in [9.17, 15) is 18.1 Å². The van der Waals surface area contributed by atoms with E-state index in [-0.39, 0.29) is 26.1 Å². The number of hydrogen-bond donors (Lipinski definition) is 0. The summed E-state index contributed by atoms with van der Waals surface area (Å²) < 4.78 is 52.8. The summed E-state index contributed by atoms with van der Waals surface area (Å²) in [5.74, 6) is -0.589. The van der Waals surface area contributed by atoms with Crippen LogP contribution in [-0.2, 0) is 23.1 Å². The van der Waals surface area contributed by atoms with E-state index in [1.54, 1.807) is 0 Å². The maximum atomic E-state index is 13.7. The molecule has 0 aromatic heterocycles. The quantitative estimate of drug-likeness (QED) is 0.481. The Morgan fingerprint density at radius 3 is 2.11 bits per heavy atom. The average molecular weight is 288 g/mol. The number of carbonyl (C=O) groups excluding carboxylic acids is 1. The van der Waals surface area contributed by atoms with Gasteiger partial charge in [0.2, 0.25) is 0 Å². The lowest BCUT2D eigenvalue weighted by molar-refractivity contribution is -0.140. The van der Waals surface area contributed by atoms with Gasteiger partial charge < -0.3 is 13.8 Å². The predicted octanol–water partition coefficient (Wildman–Crippen LogP) is 3.19. The second-order valence-corrected chi connectivity index (χ2v) is 5.59. The Bertz CT molecular complexity index is 299. The maximum absolute atomic E-state index is 13.7. The van der Waals surface area contributed by atoms with Crippen LogP contribution in [0.15, 0.2) is 0 Å². The van der Waals surface area contributed by atoms with Crippen LogP contribution >= 0.6 is 7.60 Å². The van der Waals surface area contributed by atoms with Gasteiger partial charge in [0.1, 0.15) is 0 Å². The molecule has 18 heavy (non-hydrogen) atoms. The van der Waals surface area contributed by atoms with Gasteiger partial charge in [-0.25, -0.2) is 0 Å². The van der Waals surface area contributed by atoms with Crippen LogP contribution in [0.25, 0.3) is 0 Å². The van der Waals surface area contributed by atoms with E-state index < -0.39 is 25.6 Å². The van der Waals surface area contributed by atoms with Gasteiger partial charge in [-0.15, -0.1) is 0 Å². The second kappa shape index (κ2) is 7.81. The van der Waals surface area contributed by atoms with E-state index in [0.29, 0.717) is 0 Å². The Labute approximate surface area is 105 Å². The lowest BCUT2D eigenvalue weighted by atomic mass is 10.2. The molecule has 0 rings (SSSR count). The molecule has 0 bridgehead atoms. The highest BCUT2D eigenvalue weighted by Gasteiger charge is 2.52. The highest BCUT2D eigenvalue weighted by atomic mass is 31.2. The molecule has 0 aromatic carbocycles. The van der Waals surface area contributed by atoms with Crippen LogP contribution in [0, 0.1) is 0 Å². The normalized spacial score (nSPS) is 12.5. The van der Waals surface area contributed by atoms with Crippen molar-refractivity contribution < 1.29 is 31.9 Å². The molecule has 0 fully saturated rings. The third-order valence-corrected chi connectivity index (χ3v) is 4.31. The monoisotopic (exact) mass is 288 g/mol. The third-order valence-electron chi connectivity index (χ3n) is 2.08. The minimum Gasteiger partial charge on any atom is -0.469 e. The first-order valence-corrected chi connectivity index (χ1v) is 7.21. The molecule has 0 aliphatic carbocycles. The zero-order chi connectivity index (χ0) is 14.2. The summed E-state index contributed by atoms with van der Waals surface area (Å²) in [7, 11) is -3.30. The molecule has 0 aliphatic heterocycles. The summed E-state index contributed by atoms with van der Waals surface area (Å²) in [4.78, 5) is 10.8. The number of halogens is 2. The molecular weight excluding hydrogens is 269 g/mol. The van der Waals surface area contributed by atoms with Gasteiger partial charge in [-0.1, -0.05) is 0 Å². The molecule has 0 amide bonds. The lowest BCUT2D eigenvalue weighted by Gasteiger charge is -2.25. The fraction of sp³-hybridized carbons (Fsp3) is 0.900. The van der Waals surface area contributed by atoms with Crippen molar-refractivity contribution in [2.24, 2.45) is 0 Å². The van der Waals surface area contributed by atoms with Crippen LogP contribution in [0.2, 0.25) is 0 Å². The molecule has 0 heterocycles. The van der Waals surface area contributed by atoms with Crippen LogP contribution in [-0.4, -0.2) is 32.0 Å². The number of methoxy groups -OCH3 is 1. The lowest BCUT2D eigenvalue weighted by Crippen LogP contribution is -2.21. The van der Waals surface area contributed by atoms with Gasteiger partial charge in [0, 0.05) is 12.8 Å². The first kappa shape index (κ1) is 17.5. The van der Waals surface area contributed by atoms with E-state index in [0.717, 1.165) is 0 Å². The largest absolute Gasteiger partial charge is 0.469 e. The Morgan fingerprint density at radius 2 is 1.72 bits per heavy atom. The summed E-state index contributed by atoms with van der Waals surface area (Å²) in [5, 5.41) is 0. The molecule has 0 atom stereocenters. The minimum absolute atomic E-state index is 0.135. The van der Waals surface area contributed by atoms with Crippen LogP contribution < -0.4 is 0 Å². The van der Waals surface area contributed by atoms with E-state index >= 15 is 0 Å². The molecule has 0 saturated carbocycles. The van der Waals surface area contributed by atoms with Crippen molar-refractivity contribution in [3.05, 3.63) is 0 Å². The Morgan fingerprint density at radius 1 is 1.22 bits per heavy atom. The van der Waals surface area contributed by atoms with Crippen LogP contribution in [0.1, 0.15) is 33.1 Å². The number of alkyl halides is 2. The van der Waals surface area contributed by atoms with Crippen molar-refractivity contribution in [2.75, 3.05) is 20.3 Å². The molecule has 5 nitrogen and oxygen atoms in total. The average Bonchev–Trinajstić information content (AvgIpc) is 2.29. The smallest absolute Gasteiger partial charge is 0.399 e.